The maximum atomic E-state index is 12.0. The van der Waals surface area contributed by atoms with Gasteiger partial charge in [-0.2, -0.15) is 0 Å². The normalized spacial score (nSPS) is 17.5. The average molecular weight is 293 g/mol. The van der Waals surface area contributed by atoms with Crippen LogP contribution in [0.4, 0.5) is 0 Å². The van der Waals surface area contributed by atoms with Crippen LogP contribution in [0.2, 0.25) is 0 Å². The summed E-state index contributed by atoms with van der Waals surface area (Å²) in [5.74, 6) is -0.701. The largest absolute Gasteiger partial charge is 0.491 e. The highest BCUT2D eigenvalue weighted by molar-refractivity contribution is 5.95. The van der Waals surface area contributed by atoms with Crippen molar-refractivity contribution in [1.82, 2.24) is 4.90 Å². The SMILES string of the molecule is CN(CC(=O)O)C(=O)c1ccc(OCC2CCCO2)cc1. The third-order valence-corrected chi connectivity index (χ3v) is 3.28. The standard InChI is InChI=1S/C15H19NO5/c1-16(9-14(17)18)15(19)11-4-6-12(7-5-11)21-10-13-3-2-8-20-13/h4-7,13H,2-3,8-10H2,1H3,(H,17,18). The minimum Gasteiger partial charge on any atom is -0.491 e. The highest BCUT2D eigenvalue weighted by atomic mass is 16.5. The summed E-state index contributed by atoms with van der Waals surface area (Å²) >= 11 is 0. The molecule has 1 saturated heterocycles. The second kappa shape index (κ2) is 7.08. The van der Waals surface area contributed by atoms with Crippen LogP contribution >= 0.6 is 0 Å². The first-order chi connectivity index (χ1) is 10.1. The van der Waals surface area contributed by atoms with Crippen LogP contribution in [0, 0.1) is 0 Å². The summed E-state index contributed by atoms with van der Waals surface area (Å²) in [7, 11) is 1.46. The van der Waals surface area contributed by atoms with Crippen molar-refractivity contribution in [2.45, 2.75) is 18.9 Å². The van der Waals surface area contributed by atoms with Crippen LogP contribution in [0.15, 0.2) is 24.3 Å². The van der Waals surface area contributed by atoms with Crippen molar-refractivity contribution in [2.24, 2.45) is 0 Å². The number of rotatable bonds is 6. The number of amides is 1. The third kappa shape index (κ3) is 4.46. The number of carboxylic acid groups (broad SMARTS) is 1. The molecule has 1 heterocycles. The first kappa shape index (κ1) is 15.3. The van der Waals surface area contributed by atoms with E-state index in [4.69, 9.17) is 14.6 Å². The Morgan fingerprint density at radius 2 is 2.10 bits per heavy atom. The summed E-state index contributed by atoms with van der Waals surface area (Å²) < 4.78 is 11.1. The quantitative estimate of drug-likeness (QED) is 0.858. The van der Waals surface area contributed by atoms with Gasteiger partial charge in [-0.25, -0.2) is 0 Å². The first-order valence-corrected chi connectivity index (χ1v) is 6.88. The molecular weight excluding hydrogens is 274 g/mol. The Labute approximate surface area is 123 Å². The molecule has 0 spiro atoms. The molecule has 6 heteroatoms. The number of nitrogens with zero attached hydrogens (tertiary/aromatic N) is 1. The van der Waals surface area contributed by atoms with Crippen molar-refractivity contribution in [3.8, 4) is 5.75 Å². The molecule has 0 radical (unpaired) electrons. The fourth-order valence-electron chi connectivity index (χ4n) is 2.15. The highest BCUT2D eigenvalue weighted by Gasteiger charge is 2.17. The van der Waals surface area contributed by atoms with Gasteiger partial charge in [0.15, 0.2) is 0 Å². The summed E-state index contributed by atoms with van der Waals surface area (Å²) in [5.41, 5.74) is 0.434. The summed E-state index contributed by atoms with van der Waals surface area (Å²) in [4.78, 5) is 23.7. The lowest BCUT2D eigenvalue weighted by Crippen LogP contribution is -2.31. The molecule has 1 N–H and O–H groups in total. The van der Waals surface area contributed by atoms with Crippen LogP contribution in [0.3, 0.4) is 0 Å². The van der Waals surface area contributed by atoms with E-state index in [0.717, 1.165) is 24.3 Å². The van der Waals surface area contributed by atoms with Gasteiger partial charge in [0, 0.05) is 19.2 Å². The lowest BCUT2D eigenvalue weighted by atomic mass is 10.2. The number of carboxylic acids is 1. The number of benzene rings is 1. The van der Waals surface area contributed by atoms with Gasteiger partial charge in [-0.05, 0) is 37.1 Å². The van der Waals surface area contributed by atoms with Gasteiger partial charge >= 0.3 is 5.97 Å². The molecule has 1 aromatic rings. The number of likely N-dealkylation sites (N-methyl/N-ethyl adjacent to an activating group) is 1. The van der Waals surface area contributed by atoms with Gasteiger partial charge in [-0.15, -0.1) is 0 Å². The van der Waals surface area contributed by atoms with Crippen LogP contribution in [0.25, 0.3) is 0 Å². The van der Waals surface area contributed by atoms with E-state index in [0.29, 0.717) is 17.9 Å². The highest BCUT2D eigenvalue weighted by Crippen LogP contribution is 2.17. The van der Waals surface area contributed by atoms with Crippen molar-refractivity contribution >= 4 is 11.9 Å². The van der Waals surface area contributed by atoms with Crippen molar-refractivity contribution in [1.29, 1.82) is 0 Å². The summed E-state index contributed by atoms with van der Waals surface area (Å²) in [5, 5.41) is 8.67. The van der Waals surface area contributed by atoms with Crippen molar-refractivity contribution in [3.05, 3.63) is 29.8 Å². The summed E-state index contributed by atoms with van der Waals surface area (Å²) in [6.45, 7) is 0.972. The van der Waals surface area contributed by atoms with Gasteiger partial charge < -0.3 is 19.5 Å². The van der Waals surface area contributed by atoms with E-state index in [9.17, 15) is 9.59 Å². The number of aliphatic carboxylic acids is 1. The molecule has 0 aliphatic carbocycles. The van der Waals surface area contributed by atoms with E-state index >= 15 is 0 Å². The number of hydrogen-bond acceptors (Lipinski definition) is 4. The van der Waals surface area contributed by atoms with Gasteiger partial charge in [0.05, 0.1) is 6.10 Å². The lowest BCUT2D eigenvalue weighted by Gasteiger charge is -2.15. The molecule has 114 valence electrons. The van der Waals surface area contributed by atoms with Crippen LogP contribution in [0.1, 0.15) is 23.2 Å². The molecule has 21 heavy (non-hydrogen) atoms. The second-order valence-electron chi connectivity index (χ2n) is 5.03. The van der Waals surface area contributed by atoms with E-state index in [2.05, 4.69) is 0 Å². The Kier molecular flexibility index (Phi) is 5.16. The summed E-state index contributed by atoms with van der Waals surface area (Å²) in [6, 6.07) is 6.67. The van der Waals surface area contributed by atoms with Gasteiger partial charge in [0.1, 0.15) is 18.9 Å². The zero-order chi connectivity index (χ0) is 15.2. The molecule has 1 unspecified atom stereocenters. The van der Waals surface area contributed by atoms with Gasteiger partial charge in [0.2, 0.25) is 0 Å². The maximum Gasteiger partial charge on any atom is 0.323 e. The molecule has 0 aromatic heterocycles. The molecular formula is C15H19NO5. The molecule has 1 atom stereocenters. The number of ether oxygens (including phenoxy) is 2. The van der Waals surface area contributed by atoms with Gasteiger partial charge in [-0.3, -0.25) is 9.59 Å². The molecule has 1 aliphatic heterocycles. The maximum absolute atomic E-state index is 12.0. The Balaban J connectivity index is 1.88. The van der Waals surface area contributed by atoms with Crippen LogP contribution in [-0.2, 0) is 9.53 Å². The molecule has 1 aliphatic rings. The topological polar surface area (TPSA) is 76.1 Å². The monoisotopic (exact) mass is 293 g/mol. The minimum absolute atomic E-state index is 0.146. The number of carbonyl (C=O) groups is 2. The van der Waals surface area contributed by atoms with E-state index < -0.39 is 5.97 Å². The van der Waals surface area contributed by atoms with E-state index in [1.54, 1.807) is 24.3 Å². The van der Waals surface area contributed by atoms with Gasteiger partial charge in [0.25, 0.3) is 5.91 Å². The van der Waals surface area contributed by atoms with E-state index in [-0.39, 0.29) is 18.6 Å². The molecule has 0 bridgehead atoms. The Hall–Kier alpha value is -2.08. The average Bonchev–Trinajstić information content (AvgIpc) is 2.97. The fourth-order valence-corrected chi connectivity index (χ4v) is 2.15. The predicted molar refractivity (Wildman–Crippen MR) is 75.5 cm³/mol. The molecule has 6 nitrogen and oxygen atoms in total. The van der Waals surface area contributed by atoms with Crippen LogP contribution in [0.5, 0.6) is 5.75 Å². The van der Waals surface area contributed by atoms with Crippen LogP contribution in [-0.4, -0.2) is 54.8 Å². The molecule has 0 saturated carbocycles. The van der Waals surface area contributed by atoms with E-state index in [1.165, 1.54) is 7.05 Å². The van der Waals surface area contributed by atoms with Crippen molar-refractivity contribution < 1.29 is 24.2 Å². The predicted octanol–water partition coefficient (Wildman–Crippen LogP) is 1.40. The van der Waals surface area contributed by atoms with E-state index in [1.807, 2.05) is 0 Å². The lowest BCUT2D eigenvalue weighted by molar-refractivity contribution is -0.137. The number of carbonyl (C=O) groups excluding carboxylic acids is 1. The first-order valence-electron chi connectivity index (χ1n) is 6.88. The molecule has 2 rings (SSSR count). The molecule has 1 fully saturated rings. The fraction of sp³-hybridized carbons (Fsp3) is 0.467. The molecule has 1 amide bonds. The van der Waals surface area contributed by atoms with Crippen LogP contribution < -0.4 is 4.74 Å². The zero-order valence-electron chi connectivity index (χ0n) is 11.9. The smallest absolute Gasteiger partial charge is 0.323 e. The minimum atomic E-state index is -1.04. The van der Waals surface area contributed by atoms with Crippen molar-refractivity contribution in [2.75, 3.05) is 26.8 Å². The van der Waals surface area contributed by atoms with Crippen molar-refractivity contribution in [3.63, 3.8) is 0 Å². The second-order valence-corrected chi connectivity index (χ2v) is 5.03. The zero-order valence-corrected chi connectivity index (χ0v) is 11.9. The Bertz CT molecular complexity index is 493. The summed E-state index contributed by atoms with van der Waals surface area (Å²) in [6.07, 6.45) is 2.22. The third-order valence-electron chi connectivity index (χ3n) is 3.28. The number of hydrogen-bond donors (Lipinski definition) is 1. The Morgan fingerprint density at radius 1 is 1.38 bits per heavy atom. The molecule has 1 aromatic carbocycles. The Morgan fingerprint density at radius 3 is 2.67 bits per heavy atom. The van der Waals surface area contributed by atoms with Gasteiger partial charge in [-0.1, -0.05) is 0 Å².